The van der Waals surface area contributed by atoms with Crippen molar-refractivity contribution in [2.45, 2.75) is 96.9 Å². The Morgan fingerprint density at radius 2 is 0.879 bits per heavy atom. The summed E-state index contributed by atoms with van der Waals surface area (Å²) in [5.41, 5.74) is 20.4. The SMILES string of the molecule is C=C1C(C)=C(C)N(C)C(=C)N1c1c[c-]c(C)cc1C.C=C1C(C)=C(C)N=C(C)N1c1c[c-]c(C)cc1C.C=C1N=C(C)C(C)=C(C)N1c1c[c-]c(C)cc1C.[W].[W].[W]. The van der Waals surface area contributed by atoms with Crippen LogP contribution in [-0.4, -0.2) is 23.5 Å². The molecule has 6 rings (SSSR count). The van der Waals surface area contributed by atoms with E-state index in [1.54, 1.807) is 0 Å². The van der Waals surface area contributed by atoms with E-state index in [1.807, 2.05) is 46.0 Å². The Morgan fingerprint density at radius 3 is 1.31 bits per heavy atom. The maximum Gasteiger partial charge on any atom is 0.119 e. The van der Waals surface area contributed by atoms with Crippen LogP contribution in [0.15, 0.2) is 130 Å². The first-order valence-corrected chi connectivity index (χ1v) is 18.7. The summed E-state index contributed by atoms with van der Waals surface area (Å²) in [5, 5.41) is 0. The molecule has 3 aromatic rings. The number of aryl methyl sites for hydroxylation is 6. The molecular weight excluding hydrogens is 1220 g/mol. The number of allylic oxidation sites excluding steroid dienone is 6. The van der Waals surface area contributed by atoms with Crippen LogP contribution in [0.3, 0.4) is 0 Å². The van der Waals surface area contributed by atoms with Crippen molar-refractivity contribution < 1.29 is 63.2 Å². The van der Waals surface area contributed by atoms with Crippen LogP contribution in [0.25, 0.3) is 0 Å². The fourth-order valence-electron chi connectivity index (χ4n) is 6.88. The monoisotopic (exact) mass is 1280 g/mol. The fourth-order valence-corrected chi connectivity index (χ4v) is 6.88. The van der Waals surface area contributed by atoms with E-state index in [0.29, 0.717) is 0 Å². The topological polar surface area (TPSA) is 37.7 Å². The van der Waals surface area contributed by atoms with Crippen LogP contribution < -0.4 is 14.7 Å². The molecule has 0 fully saturated rings. The Morgan fingerprint density at radius 1 is 0.483 bits per heavy atom. The van der Waals surface area contributed by atoms with Gasteiger partial charge in [0.2, 0.25) is 0 Å². The minimum Gasteiger partial charge on any atom is -0.354 e. The number of rotatable bonds is 3. The molecule has 58 heavy (non-hydrogen) atoms. The molecule has 0 atom stereocenters. The third-order valence-electron chi connectivity index (χ3n) is 10.8. The van der Waals surface area contributed by atoms with E-state index in [0.717, 1.165) is 79.6 Å². The zero-order chi connectivity index (χ0) is 41.2. The van der Waals surface area contributed by atoms with Gasteiger partial charge in [-0.2, -0.15) is 71.3 Å². The first kappa shape index (κ1) is 52.5. The van der Waals surface area contributed by atoms with E-state index in [2.05, 4.69) is 168 Å². The summed E-state index contributed by atoms with van der Waals surface area (Å²) < 4.78 is 0. The van der Waals surface area contributed by atoms with Gasteiger partial charge in [-0.3, -0.25) is 0 Å². The van der Waals surface area contributed by atoms with Gasteiger partial charge in [0.05, 0.1) is 11.7 Å². The second-order valence-electron chi connectivity index (χ2n) is 14.8. The Bertz CT molecular complexity index is 2270. The predicted molar refractivity (Wildman–Crippen MR) is 237 cm³/mol. The molecule has 306 valence electrons. The van der Waals surface area contributed by atoms with Gasteiger partial charge >= 0.3 is 0 Å². The van der Waals surface area contributed by atoms with E-state index >= 15 is 0 Å². The number of aliphatic imine (C=N–C) groups is 2. The molecule has 0 saturated carbocycles. The number of amidine groups is 1. The zero-order valence-corrected chi connectivity index (χ0v) is 46.0. The molecule has 3 heterocycles. The summed E-state index contributed by atoms with van der Waals surface area (Å²) in [7, 11) is 2.04. The van der Waals surface area contributed by atoms with Crippen LogP contribution in [0.1, 0.15) is 88.8 Å². The zero-order valence-electron chi connectivity index (χ0n) is 37.2. The van der Waals surface area contributed by atoms with Crippen LogP contribution in [0.2, 0.25) is 0 Å². The van der Waals surface area contributed by atoms with Crippen molar-refractivity contribution in [1.82, 2.24) is 4.90 Å². The van der Waals surface area contributed by atoms with Crippen molar-refractivity contribution in [3.63, 3.8) is 0 Å². The maximum atomic E-state index is 4.58. The Kier molecular flexibility index (Phi) is 19.6. The molecule has 6 nitrogen and oxygen atoms in total. The number of benzene rings is 3. The van der Waals surface area contributed by atoms with Crippen LogP contribution in [0.4, 0.5) is 17.1 Å². The van der Waals surface area contributed by atoms with Gasteiger partial charge in [0.1, 0.15) is 5.82 Å². The van der Waals surface area contributed by atoms with Crippen molar-refractivity contribution in [3.05, 3.63) is 171 Å². The molecule has 0 radical (unpaired) electrons. The van der Waals surface area contributed by atoms with E-state index < -0.39 is 0 Å². The molecule has 9 heteroatoms. The summed E-state index contributed by atoms with van der Waals surface area (Å²) in [6, 6.07) is 22.2. The molecule has 0 N–H and O–H groups in total. The predicted octanol–water partition coefficient (Wildman–Crippen LogP) is 12.4. The smallest absolute Gasteiger partial charge is 0.119 e. The normalized spacial score (nSPS) is 15.4. The van der Waals surface area contributed by atoms with E-state index in [9.17, 15) is 0 Å². The second kappa shape index (κ2) is 21.6. The largest absolute Gasteiger partial charge is 0.354 e. The van der Waals surface area contributed by atoms with Gasteiger partial charge in [0.15, 0.2) is 0 Å². The molecule has 0 spiro atoms. The molecule has 0 aromatic heterocycles. The van der Waals surface area contributed by atoms with Gasteiger partial charge in [-0.15, -0.1) is 16.7 Å². The van der Waals surface area contributed by atoms with E-state index in [1.165, 1.54) is 39.2 Å². The maximum absolute atomic E-state index is 4.58. The summed E-state index contributed by atoms with van der Waals surface area (Å²) in [4.78, 5) is 17.5. The van der Waals surface area contributed by atoms with Crippen molar-refractivity contribution in [2.75, 3.05) is 21.7 Å². The quantitative estimate of drug-likeness (QED) is 0.245. The van der Waals surface area contributed by atoms with Crippen LogP contribution in [0.5, 0.6) is 0 Å². The van der Waals surface area contributed by atoms with Gasteiger partial charge < -0.3 is 19.6 Å². The summed E-state index contributed by atoms with van der Waals surface area (Å²) in [6.45, 7) is 45.7. The fraction of sp³-hybridized carbons (Fsp3) is 0.306. The molecule has 3 aromatic carbocycles. The number of nitrogens with zero attached hydrogens (tertiary/aromatic N) is 6. The molecule has 0 saturated heterocycles. The van der Waals surface area contributed by atoms with Crippen molar-refractivity contribution in [1.29, 1.82) is 0 Å². The van der Waals surface area contributed by atoms with E-state index in [4.69, 9.17) is 0 Å². The number of hydrogen-bond donors (Lipinski definition) is 0. The molecule has 0 bridgehead atoms. The van der Waals surface area contributed by atoms with Gasteiger partial charge in [0, 0.05) is 104 Å². The van der Waals surface area contributed by atoms with Gasteiger partial charge in [-0.25, -0.2) is 9.98 Å². The Hall–Kier alpha value is -3.56. The first-order valence-electron chi connectivity index (χ1n) is 18.7. The third-order valence-corrected chi connectivity index (χ3v) is 10.8. The third kappa shape index (κ3) is 11.2. The minimum atomic E-state index is 0. The van der Waals surface area contributed by atoms with Crippen molar-refractivity contribution >= 4 is 28.6 Å². The van der Waals surface area contributed by atoms with Crippen molar-refractivity contribution in [2.24, 2.45) is 9.98 Å². The molecule has 3 aliphatic heterocycles. The molecule has 3 aliphatic rings. The Labute approximate surface area is 393 Å². The van der Waals surface area contributed by atoms with Crippen LogP contribution in [-0.2, 0) is 63.2 Å². The molecule has 0 amide bonds. The standard InChI is InChI=1S/C17H21N2.2C16H19N2.3W/c1-11-8-9-17(12(2)10-11)19-15(5)13(3)14(4)18(7)16(19)6;2*1-10-7-8-16(11(2)9-10)18-14(5)12(3)13(4)17-15(18)6;;;/h9-10H,5-6H2,1-4,7H3;8-9H,6H2,1-5H3;8-9H,5H2,1-4,6H3;;;/q3*-1;;;. The summed E-state index contributed by atoms with van der Waals surface area (Å²) >= 11 is 0. The number of hydrogen-bond acceptors (Lipinski definition) is 6. The Balaban J connectivity index is 0.000000424. The summed E-state index contributed by atoms with van der Waals surface area (Å²) in [5.74, 6) is 2.66. The van der Waals surface area contributed by atoms with Crippen LogP contribution >= 0.6 is 0 Å². The van der Waals surface area contributed by atoms with E-state index in [-0.39, 0.29) is 63.2 Å². The molecule has 0 unspecified atom stereocenters. The van der Waals surface area contributed by atoms with Gasteiger partial charge in [-0.05, 0) is 72.1 Å². The average Bonchev–Trinajstić information content (AvgIpc) is 3.11. The molecular formula is C49H59N6W3-3. The van der Waals surface area contributed by atoms with Crippen molar-refractivity contribution in [3.8, 4) is 0 Å². The average molecular weight is 1280 g/mol. The summed E-state index contributed by atoms with van der Waals surface area (Å²) in [6.07, 6.45) is 0. The molecule has 0 aliphatic carbocycles. The van der Waals surface area contributed by atoms with Crippen LogP contribution in [0, 0.1) is 59.7 Å². The number of anilines is 3. The second-order valence-corrected chi connectivity index (χ2v) is 14.8. The van der Waals surface area contributed by atoms with Gasteiger partial charge in [0.25, 0.3) is 0 Å². The first-order chi connectivity index (χ1) is 25.7. The minimum absolute atomic E-state index is 0. The van der Waals surface area contributed by atoms with Gasteiger partial charge in [-0.1, -0.05) is 84.9 Å².